The van der Waals surface area contributed by atoms with E-state index in [1.807, 2.05) is 13.1 Å². The fourth-order valence-corrected chi connectivity index (χ4v) is 2.96. The Bertz CT molecular complexity index is 551. The van der Waals surface area contributed by atoms with E-state index in [-0.39, 0.29) is 11.9 Å². The Hall–Kier alpha value is -0.940. The number of nitrogens with one attached hydrogen (secondary N) is 1. The average Bonchev–Trinajstić information content (AvgIpc) is 2.39. The fraction of sp³-hybridized carbons (Fsp3) is 0.250. The summed E-state index contributed by atoms with van der Waals surface area (Å²) in [6.07, 6.45) is 0.901. The van der Waals surface area contributed by atoms with Crippen LogP contribution in [0.5, 0.6) is 0 Å². The summed E-state index contributed by atoms with van der Waals surface area (Å²) in [6.45, 7) is 2.09. The molecule has 0 aromatic heterocycles. The Balaban J connectivity index is 2.22. The minimum Gasteiger partial charge on any atom is -0.313 e. The van der Waals surface area contributed by atoms with E-state index in [0.29, 0.717) is 0 Å². The molecule has 1 atom stereocenters. The first-order valence-electron chi connectivity index (χ1n) is 6.28. The topological polar surface area (TPSA) is 12.0 Å². The van der Waals surface area contributed by atoms with Crippen LogP contribution in [0.25, 0.3) is 0 Å². The average molecular weight is 369 g/mol. The van der Waals surface area contributed by atoms with Crippen LogP contribution in [0.15, 0.2) is 42.5 Å². The molecule has 0 heterocycles. The normalized spacial score (nSPS) is 12.4. The van der Waals surface area contributed by atoms with Gasteiger partial charge in [-0.15, -0.1) is 0 Å². The Labute approximate surface area is 127 Å². The van der Waals surface area contributed by atoms with Crippen LogP contribution in [0.1, 0.15) is 22.7 Å². The molecule has 0 bridgehead atoms. The maximum atomic E-state index is 13.2. The van der Waals surface area contributed by atoms with E-state index < -0.39 is 0 Å². The van der Waals surface area contributed by atoms with E-state index in [9.17, 15) is 4.39 Å². The van der Waals surface area contributed by atoms with Crippen molar-refractivity contribution in [3.05, 3.63) is 68.5 Å². The van der Waals surface area contributed by atoms with Gasteiger partial charge in [-0.1, -0.05) is 35.9 Å². The van der Waals surface area contributed by atoms with E-state index in [1.54, 1.807) is 6.07 Å². The first-order chi connectivity index (χ1) is 9.10. The Morgan fingerprint density at radius 3 is 2.42 bits per heavy atom. The van der Waals surface area contributed by atoms with Gasteiger partial charge in [0.05, 0.1) is 0 Å². The van der Waals surface area contributed by atoms with Gasteiger partial charge in [0.1, 0.15) is 5.82 Å². The van der Waals surface area contributed by atoms with Gasteiger partial charge in [0.25, 0.3) is 0 Å². The van der Waals surface area contributed by atoms with Crippen molar-refractivity contribution in [2.75, 3.05) is 7.05 Å². The smallest absolute Gasteiger partial charge is 0.124 e. The van der Waals surface area contributed by atoms with Crippen LogP contribution >= 0.6 is 22.6 Å². The lowest BCUT2D eigenvalue weighted by molar-refractivity contribution is 0.582. The summed E-state index contributed by atoms with van der Waals surface area (Å²) in [5.41, 5.74) is 3.69. The van der Waals surface area contributed by atoms with E-state index in [4.69, 9.17) is 0 Å². The summed E-state index contributed by atoms with van der Waals surface area (Å²) in [7, 11) is 1.94. The van der Waals surface area contributed by atoms with Crippen LogP contribution in [0, 0.1) is 16.3 Å². The van der Waals surface area contributed by atoms with Gasteiger partial charge in [0.15, 0.2) is 0 Å². The van der Waals surface area contributed by atoms with Crippen molar-refractivity contribution in [3.8, 4) is 0 Å². The molecular formula is C16H17FIN. The maximum absolute atomic E-state index is 13.2. The van der Waals surface area contributed by atoms with E-state index in [1.165, 1.54) is 17.2 Å². The highest BCUT2D eigenvalue weighted by Gasteiger charge is 2.13. The zero-order valence-electron chi connectivity index (χ0n) is 11.1. The van der Waals surface area contributed by atoms with Crippen molar-refractivity contribution < 1.29 is 4.39 Å². The number of likely N-dealkylation sites (N-methyl/N-ethyl adjacent to an activating group) is 1. The predicted octanol–water partition coefficient (Wildman–Crippen LogP) is 4.24. The molecule has 0 aliphatic carbocycles. The summed E-state index contributed by atoms with van der Waals surface area (Å²) in [5.74, 6) is -0.182. The molecule has 0 radical (unpaired) electrons. The molecule has 2 rings (SSSR count). The van der Waals surface area contributed by atoms with Crippen LogP contribution in [0.2, 0.25) is 0 Å². The quantitative estimate of drug-likeness (QED) is 0.795. The van der Waals surface area contributed by atoms with Crippen LogP contribution in [0.3, 0.4) is 0 Å². The van der Waals surface area contributed by atoms with Gasteiger partial charge >= 0.3 is 0 Å². The zero-order valence-corrected chi connectivity index (χ0v) is 13.2. The molecule has 2 aromatic carbocycles. The minimum atomic E-state index is -0.182. The van der Waals surface area contributed by atoms with Crippen LogP contribution in [-0.2, 0) is 6.42 Å². The highest BCUT2D eigenvalue weighted by Crippen LogP contribution is 2.24. The Morgan fingerprint density at radius 2 is 1.84 bits per heavy atom. The van der Waals surface area contributed by atoms with Gasteiger partial charge in [-0.05, 0) is 66.2 Å². The zero-order chi connectivity index (χ0) is 13.8. The van der Waals surface area contributed by atoms with Gasteiger partial charge in [0, 0.05) is 9.61 Å². The molecule has 19 heavy (non-hydrogen) atoms. The molecule has 1 unspecified atom stereocenters. The molecule has 1 N–H and O–H groups in total. The Kier molecular flexibility index (Phi) is 4.93. The second-order valence-electron chi connectivity index (χ2n) is 4.70. The van der Waals surface area contributed by atoms with Gasteiger partial charge < -0.3 is 5.32 Å². The molecule has 0 saturated carbocycles. The predicted molar refractivity (Wildman–Crippen MR) is 85.8 cm³/mol. The van der Waals surface area contributed by atoms with Crippen molar-refractivity contribution in [3.63, 3.8) is 0 Å². The lowest BCUT2D eigenvalue weighted by atomic mass is 9.98. The summed E-state index contributed by atoms with van der Waals surface area (Å²) in [4.78, 5) is 0. The van der Waals surface area contributed by atoms with Crippen molar-refractivity contribution in [1.82, 2.24) is 5.32 Å². The second-order valence-corrected chi connectivity index (χ2v) is 5.86. The third kappa shape index (κ3) is 3.76. The number of hydrogen-bond donors (Lipinski definition) is 1. The molecule has 100 valence electrons. The van der Waals surface area contributed by atoms with Crippen LogP contribution in [0.4, 0.5) is 4.39 Å². The van der Waals surface area contributed by atoms with Crippen molar-refractivity contribution in [2.24, 2.45) is 0 Å². The Morgan fingerprint density at radius 1 is 1.16 bits per heavy atom. The summed E-state index contributed by atoms with van der Waals surface area (Å²) in [5, 5.41) is 3.31. The molecule has 0 aliphatic heterocycles. The second kappa shape index (κ2) is 6.48. The highest BCUT2D eigenvalue weighted by atomic mass is 127. The van der Waals surface area contributed by atoms with E-state index in [0.717, 1.165) is 15.6 Å². The van der Waals surface area contributed by atoms with E-state index >= 15 is 0 Å². The molecule has 0 amide bonds. The first kappa shape index (κ1) is 14.5. The lowest BCUT2D eigenvalue weighted by Crippen LogP contribution is -2.20. The van der Waals surface area contributed by atoms with Crippen molar-refractivity contribution in [2.45, 2.75) is 19.4 Å². The SMILES string of the molecule is CNC(Cc1ccc(C)cc1)c1ccc(F)cc1I. The molecule has 2 aromatic rings. The number of benzene rings is 2. The van der Waals surface area contributed by atoms with Gasteiger partial charge in [-0.3, -0.25) is 0 Å². The highest BCUT2D eigenvalue weighted by molar-refractivity contribution is 14.1. The molecular weight excluding hydrogens is 352 g/mol. The van der Waals surface area contributed by atoms with Gasteiger partial charge in [-0.25, -0.2) is 4.39 Å². The van der Waals surface area contributed by atoms with E-state index in [2.05, 4.69) is 59.1 Å². The number of hydrogen-bond acceptors (Lipinski definition) is 1. The lowest BCUT2D eigenvalue weighted by Gasteiger charge is -2.18. The first-order valence-corrected chi connectivity index (χ1v) is 7.36. The molecule has 0 aliphatic rings. The minimum absolute atomic E-state index is 0.182. The van der Waals surface area contributed by atoms with Crippen molar-refractivity contribution in [1.29, 1.82) is 0 Å². The number of rotatable bonds is 4. The third-order valence-corrected chi connectivity index (χ3v) is 4.18. The molecule has 0 spiro atoms. The van der Waals surface area contributed by atoms with Crippen molar-refractivity contribution >= 4 is 22.6 Å². The largest absolute Gasteiger partial charge is 0.313 e. The maximum Gasteiger partial charge on any atom is 0.124 e. The van der Waals surface area contributed by atoms with Crippen LogP contribution in [-0.4, -0.2) is 7.05 Å². The monoisotopic (exact) mass is 369 g/mol. The molecule has 0 saturated heterocycles. The van der Waals surface area contributed by atoms with Crippen LogP contribution < -0.4 is 5.32 Å². The standard InChI is InChI=1S/C16H17FIN/c1-11-3-5-12(6-4-11)9-16(19-2)14-8-7-13(17)10-15(14)18/h3-8,10,16,19H,9H2,1-2H3. The summed E-state index contributed by atoms with van der Waals surface area (Å²) in [6, 6.07) is 13.7. The number of aryl methyl sites for hydroxylation is 1. The molecule has 0 fully saturated rings. The summed E-state index contributed by atoms with van der Waals surface area (Å²) >= 11 is 2.19. The number of halogens is 2. The molecule has 1 nitrogen and oxygen atoms in total. The summed E-state index contributed by atoms with van der Waals surface area (Å²) < 4.78 is 14.1. The fourth-order valence-electron chi connectivity index (χ4n) is 2.11. The molecule has 3 heteroatoms. The van der Waals surface area contributed by atoms with Gasteiger partial charge in [0.2, 0.25) is 0 Å². The van der Waals surface area contributed by atoms with Gasteiger partial charge in [-0.2, -0.15) is 0 Å². The third-order valence-electron chi connectivity index (χ3n) is 3.25.